The lowest BCUT2D eigenvalue weighted by atomic mass is 10.2. The first-order valence-electron chi connectivity index (χ1n) is 4.30. The van der Waals surface area contributed by atoms with Crippen LogP contribution >= 0.6 is 22.6 Å². The molecule has 3 nitrogen and oxygen atoms in total. The maximum atomic E-state index is 11.5. The molecule has 1 N–H and O–H groups in total. The zero-order valence-electron chi connectivity index (χ0n) is 8.13. The van der Waals surface area contributed by atoms with Gasteiger partial charge in [0.05, 0.1) is 12.7 Å². The highest BCUT2D eigenvalue weighted by molar-refractivity contribution is 14.1. The summed E-state index contributed by atoms with van der Waals surface area (Å²) in [6, 6.07) is 5.49. The van der Waals surface area contributed by atoms with Gasteiger partial charge >= 0.3 is 0 Å². The van der Waals surface area contributed by atoms with Crippen LogP contribution in [0, 0.1) is 3.57 Å². The van der Waals surface area contributed by atoms with Gasteiger partial charge in [-0.25, -0.2) is 0 Å². The smallest absolute Gasteiger partial charge is 0.255 e. The third kappa shape index (κ3) is 2.60. The highest BCUT2D eigenvalue weighted by Gasteiger charge is 2.10. The van der Waals surface area contributed by atoms with Crippen molar-refractivity contribution in [1.29, 1.82) is 0 Å². The Morgan fingerprint density at radius 3 is 2.86 bits per heavy atom. The first-order valence-corrected chi connectivity index (χ1v) is 5.38. The van der Waals surface area contributed by atoms with Gasteiger partial charge in [0, 0.05) is 10.1 Å². The van der Waals surface area contributed by atoms with E-state index in [2.05, 4.69) is 27.9 Å². The minimum Gasteiger partial charge on any atom is -0.496 e. The molecule has 0 fully saturated rings. The Balaban J connectivity index is 3.01. The standard InChI is InChI=1S/C10H12INO2/c1-3-12-10(13)8-5-4-7(11)6-9(8)14-2/h4-6H,3H2,1-2H3,(H,12,13). The fourth-order valence-electron chi connectivity index (χ4n) is 1.11. The molecule has 1 amide bonds. The Labute approximate surface area is 97.0 Å². The van der Waals surface area contributed by atoms with Gasteiger partial charge in [-0.1, -0.05) is 0 Å². The van der Waals surface area contributed by atoms with Gasteiger partial charge in [0.15, 0.2) is 0 Å². The summed E-state index contributed by atoms with van der Waals surface area (Å²) in [5.41, 5.74) is 0.578. The molecular weight excluding hydrogens is 293 g/mol. The molecule has 1 rings (SSSR count). The molecule has 14 heavy (non-hydrogen) atoms. The highest BCUT2D eigenvalue weighted by Crippen LogP contribution is 2.20. The van der Waals surface area contributed by atoms with Crippen molar-refractivity contribution in [1.82, 2.24) is 5.32 Å². The molecule has 0 aliphatic heterocycles. The number of nitrogens with one attached hydrogen (secondary N) is 1. The number of amides is 1. The van der Waals surface area contributed by atoms with E-state index in [9.17, 15) is 4.79 Å². The molecule has 0 aliphatic rings. The zero-order valence-corrected chi connectivity index (χ0v) is 10.3. The van der Waals surface area contributed by atoms with Crippen LogP contribution in [0.1, 0.15) is 17.3 Å². The normalized spacial score (nSPS) is 9.64. The summed E-state index contributed by atoms with van der Waals surface area (Å²) in [5.74, 6) is 0.517. The van der Waals surface area contributed by atoms with Gasteiger partial charge in [-0.3, -0.25) is 4.79 Å². The van der Waals surface area contributed by atoms with Crippen molar-refractivity contribution in [2.24, 2.45) is 0 Å². The fourth-order valence-corrected chi connectivity index (χ4v) is 1.57. The predicted octanol–water partition coefficient (Wildman–Crippen LogP) is 2.05. The number of carbonyl (C=O) groups is 1. The van der Waals surface area contributed by atoms with Crippen LogP contribution in [0.4, 0.5) is 0 Å². The van der Waals surface area contributed by atoms with Crippen LogP contribution in [0.3, 0.4) is 0 Å². The second-order valence-electron chi connectivity index (χ2n) is 2.70. The zero-order chi connectivity index (χ0) is 10.6. The summed E-state index contributed by atoms with van der Waals surface area (Å²) in [4.78, 5) is 11.5. The van der Waals surface area contributed by atoms with E-state index >= 15 is 0 Å². The van der Waals surface area contributed by atoms with Crippen molar-refractivity contribution >= 4 is 28.5 Å². The highest BCUT2D eigenvalue weighted by atomic mass is 127. The van der Waals surface area contributed by atoms with E-state index in [1.54, 1.807) is 13.2 Å². The molecule has 0 saturated carbocycles. The maximum Gasteiger partial charge on any atom is 0.255 e. The molecule has 4 heteroatoms. The van der Waals surface area contributed by atoms with Crippen molar-refractivity contribution in [3.63, 3.8) is 0 Å². The lowest BCUT2D eigenvalue weighted by molar-refractivity contribution is 0.0953. The Kier molecular flexibility index (Phi) is 4.19. The van der Waals surface area contributed by atoms with Crippen molar-refractivity contribution in [2.75, 3.05) is 13.7 Å². The Bertz CT molecular complexity index is 339. The molecule has 76 valence electrons. The number of rotatable bonds is 3. The van der Waals surface area contributed by atoms with E-state index < -0.39 is 0 Å². The summed E-state index contributed by atoms with van der Waals surface area (Å²) in [7, 11) is 1.56. The van der Waals surface area contributed by atoms with E-state index in [-0.39, 0.29) is 5.91 Å². The average Bonchev–Trinajstić information content (AvgIpc) is 2.17. The monoisotopic (exact) mass is 305 g/mol. The van der Waals surface area contributed by atoms with Crippen molar-refractivity contribution in [2.45, 2.75) is 6.92 Å². The molecule has 1 aromatic carbocycles. The van der Waals surface area contributed by atoms with Crippen molar-refractivity contribution in [3.05, 3.63) is 27.3 Å². The quantitative estimate of drug-likeness (QED) is 0.868. The van der Waals surface area contributed by atoms with Crippen molar-refractivity contribution in [3.8, 4) is 5.75 Å². The number of halogens is 1. The summed E-state index contributed by atoms with van der Waals surface area (Å²) in [5, 5.41) is 2.73. The van der Waals surface area contributed by atoms with E-state index in [4.69, 9.17) is 4.74 Å². The van der Waals surface area contributed by atoms with Crippen LogP contribution in [-0.2, 0) is 0 Å². The van der Waals surface area contributed by atoms with Gasteiger partial charge in [-0.2, -0.15) is 0 Å². The fraction of sp³-hybridized carbons (Fsp3) is 0.300. The predicted molar refractivity (Wildman–Crippen MR) is 63.7 cm³/mol. The van der Waals surface area contributed by atoms with E-state index in [1.165, 1.54) is 0 Å². The molecule has 0 aliphatic carbocycles. The Hall–Kier alpha value is -0.780. The molecule has 0 bridgehead atoms. The third-order valence-electron chi connectivity index (χ3n) is 1.75. The molecule has 0 saturated heterocycles. The Morgan fingerprint density at radius 1 is 1.57 bits per heavy atom. The lowest BCUT2D eigenvalue weighted by Crippen LogP contribution is -2.23. The SMILES string of the molecule is CCNC(=O)c1ccc(I)cc1OC. The minimum atomic E-state index is -0.0965. The second kappa shape index (κ2) is 5.19. The summed E-state index contributed by atoms with van der Waals surface area (Å²) < 4.78 is 6.18. The average molecular weight is 305 g/mol. The largest absolute Gasteiger partial charge is 0.496 e. The Morgan fingerprint density at radius 2 is 2.29 bits per heavy atom. The third-order valence-corrected chi connectivity index (χ3v) is 2.42. The molecule has 0 radical (unpaired) electrons. The first kappa shape index (κ1) is 11.3. The molecule has 0 aromatic heterocycles. The number of benzene rings is 1. The summed E-state index contributed by atoms with van der Waals surface area (Å²) in [6.07, 6.45) is 0. The van der Waals surface area contributed by atoms with Gasteiger partial charge in [-0.15, -0.1) is 0 Å². The first-order chi connectivity index (χ1) is 6.69. The van der Waals surface area contributed by atoms with E-state index in [0.29, 0.717) is 17.9 Å². The number of ether oxygens (including phenoxy) is 1. The number of hydrogen-bond donors (Lipinski definition) is 1. The molecule has 1 aromatic rings. The van der Waals surface area contributed by atoms with Crippen LogP contribution in [0.5, 0.6) is 5.75 Å². The van der Waals surface area contributed by atoms with Crippen LogP contribution in [-0.4, -0.2) is 19.6 Å². The number of hydrogen-bond acceptors (Lipinski definition) is 2. The van der Waals surface area contributed by atoms with Crippen LogP contribution in [0.2, 0.25) is 0 Å². The summed E-state index contributed by atoms with van der Waals surface area (Å²) in [6.45, 7) is 2.51. The van der Waals surface area contributed by atoms with Crippen molar-refractivity contribution < 1.29 is 9.53 Å². The van der Waals surface area contributed by atoms with Crippen LogP contribution < -0.4 is 10.1 Å². The van der Waals surface area contributed by atoms with Gasteiger partial charge < -0.3 is 10.1 Å². The molecule has 0 unspecified atom stereocenters. The van der Waals surface area contributed by atoms with Crippen LogP contribution in [0.25, 0.3) is 0 Å². The number of methoxy groups -OCH3 is 1. The molecule has 0 spiro atoms. The number of carbonyl (C=O) groups excluding carboxylic acids is 1. The van der Waals surface area contributed by atoms with Crippen LogP contribution in [0.15, 0.2) is 18.2 Å². The van der Waals surface area contributed by atoms with Gasteiger partial charge in [0.1, 0.15) is 5.75 Å². The molecule has 0 atom stereocenters. The maximum absolute atomic E-state index is 11.5. The van der Waals surface area contributed by atoms with Gasteiger partial charge in [0.25, 0.3) is 5.91 Å². The second-order valence-corrected chi connectivity index (χ2v) is 3.95. The van der Waals surface area contributed by atoms with E-state index in [0.717, 1.165) is 3.57 Å². The minimum absolute atomic E-state index is 0.0965. The topological polar surface area (TPSA) is 38.3 Å². The molecule has 0 heterocycles. The van der Waals surface area contributed by atoms with Gasteiger partial charge in [0.2, 0.25) is 0 Å². The summed E-state index contributed by atoms with van der Waals surface area (Å²) >= 11 is 2.18. The van der Waals surface area contributed by atoms with E-state index in [1.807, 2.05) is 19.1 Å². The van der Waals surface area contributed by atoms with Gasteiger partial charge in [-0.05, 0) is 47.7 Å². The lowest BCUT2D eigenvalue weighted by Gasteiger charge is -2.08. The molecular formula is C10H12INO2.